The minimum atomic E-state index is 0.319. The van der Waals surface area contributed by atoms with Gasteiger partial charge in [-0.25, -0.2) is 4.98 Å². The molecule has 1 atom stereocenters. The van der Waals surface area contributed by atoms with Gasteiger partial charge in [-0.3, -0.25) is 0 Å². The third kappa shape index (κ3) is 3.36. The molecular formula is C17H19N3. The third-order valence-corrected chi connectivity index (χ3v) is 3.52. The van der Waals surface area contributed by atoms with E-state index in [-0.39, 0.29) is 0 Å². The Morgan fingerprint density at radius 2 is 1.90 bits per heavy atom. The van der Waals surface area contributed by atoms with E-state index in [9.17, 15) is 0 Å². The van der Waals surface area contributed by atoms with Crippen molar-refractivity contribution in [3.05, 3.63) is 59.3 Å². The molecule has 0 aliphatic rings. The average Bonchev–Trinajstić information content (AvgIpc) is 2.48. The van der Waals surface area contributed by atoms with Crippen LogP contribution in [-0.2, 0) is 6.42 Å². The Labute approximate surface area is 120 Å². The molecule has 0 aliphatic carbocycles. The predicted molar refractivity (Wildman–Crippen MR) is 81.7 cm³/mol. The fourth-order valence-corrected chi connectivity index (χ4v) is 2.11. The number of aromatic nitrogens is 1. The van der Waals surface area contributed by atoms with Crippen LogP contribution in [-0.4, -0.2) is 18.1 Å². The molecule has 3 nitrogen and oxygen atoms in total. The predicted octanol–water partition coefficient (Wildman–Crippen LogP) is 3.33. The Bertz CT molecular complexity index is 611. The third-order valence-electron chi connectivity index (χ3n) is 3.52. The summed E-state index contributed by atoms with van der Waals surface area (Å²) >= 11 is 0. The zero-order valence-corrected chi connectivity index (χ0v) is 12.2. The Morgan fingerprint density at radius 1 is 1.20 bits per heavy atom. The van der Waals surface area contributed by atoms with Crippen molar-refractivity contribution in [3.8, 4) is 6.07 Å². The molecule has 0 N–H and O–H groups in total. The number of pyridine rings is 1. The highest BCUT2D eigenvalue weighted by Crippen LogP contribution is 2.16. The Kier molecular flexibility index (Phi) is 4.37. The van der Waals surface area contributed by atoms with Crippen LogP contribution in [0.15, 0.2) is 42.5 Å². The molecule has 0 radical (unpaired) electrons. The van der Waals surface area contributed by atoms with E-state index in [0.29, 0.717) is 11.7 Å². The molecule has 0 amide bonds. The summed E-state index contributed by atoms with van der Waals surface area (Å²) in [6.45, 7) is 4.26. The summed E-state index contributed by atoms with van der Waals surface area (Å²) in [7, 11) is 2.02. The molecule has 0 saturated heterocycles. The van der Waals surface area contributed by atoms with Crippen molar-refractivity contribution in [3.63, 3.8) is 0 Å². The molecule has 0 fully saturated rings. The van der Waals surface area contributed by atoms with Gasteiger partial charge in [-0.15, -0.1) is 0 Å². The van der Waals surface area contributed by atoms with Crippen LogP contribution in [0.1, 0.15) is 23.7 Å². The molecule has 1 unspecified atom stereocenters. The second kappa shape index (κ2) is 6.21. The molecule has 2 rings (SSSR count). The van der Waals surface area contributed by atoms with E-state index >= 15 is 0 Å². The first-order chi connectivity index (χ1) is 9.60. The van der Waals surface area contributed by atoms with E-state index in [2.05, 4.69) is 54.1 Å². The van der Waals surface area contributed by atoms with Gasteiger partial charge in [0.1, 0.15) is 17.6 Å². The van der Waals surface area contributed by atoms with E-state index in [1.165, 1.54) is 11.1 Å². The van der Waals surface area contributed by atoms with Gasteiger partial charge in [0.15, 0.2) is 0 Å². The maximum Gasteiger partial charge on any atom is 0.142 e. The second-order valence-electron chi connectivity index (χ2n) is 5.14. The topological polar surface area (TPSA) is 39.9 Å². The lowest BCUT2D eigenvalue weighted by Gasteiger charge is -2.26. The smallest absolute Gasteiger partial charge is 0.142 e. The van der Waals surface area contributed by atoms with Gasteiger partial charge in [-0.1, -0.05) is 35.9 Å². The van der Waals surface area contributed by atoms with Crippen molar-refractivity contribution in [1.29, 1.82) is 5.26 Å². The summed E-state index contributed by atoms with van der Waals surface area (Å²) < 4.78 is 0. The normalized spacial score (nSPS) is 11.7. The summed E-state index contributed by atoms with van der Waals surface area (Å²) in [5.41, 5.74) is 3.04. The van der Waals surface area contributed by atoms with Crippen molar-refractivity contribution < 1.29 is 0 Å². The van der Waals surface area contributed by atoms with E-state index < -0.39 is 0 Å². The van der Waals surface area contributed by atoms with Crippen LogP contribution >= 0.6 is 0 Å². The van der Waals surface area contributed by atoms with Crippen LogP contribution in [0.25, 0.3) is 0 Å². The molecule has 0 bridgehead atoms. The molecule has 20 heavy (non-hydrogen) atoms. The molecule has 1 heterocycles. The highest BCUT2D eigenvalue weighted by Gasteiger charge is 2.12. The summed E-state index contributed by atoms with van der Waals surface area (Å²) in [6, 6.07) is 16.5. The number of hydrogen-bond donors (Lipinski definition) is 0. The maximum atomic E-state index is 8.91. The first-order valence-corrected chi connectivity index (χ1v) is 6.75. The summed E-state index contributed by atoms with van der Waals surface area (Å²) in [6.07, 6.45) is 0.954. The molecule has 102 valence electrons. The van der Waals surface area contributed by atoms with Crippen LogP contribution in [0.3, 0.4) is 0 Å². The number of anilines is 1. The van der Waals surface area contributed by atoms with Crippen LogP contribution < -0.4 is 4.90 Å². The highest BCUT2D eigenvalue weighted by molar-refractivity contribution is 5.42. The van der Waals surface area contributed by atoms with Gasteiger partial charge in [0, 0.05) is 13.1 Å². The lowest BCUT2D eigenvalue weighted by atomic mass is 10.0. The molecule has 0 saturated carbocycles. The van der Waals surface area contributed by atoms with Gasteiger partial charge in [-0.05, 0) is 38.0 Å². The number of aryl methyl sites for hydroxylation is 1. The average molecular weight is 265 g/mol. The van der Waals surface area contributed by atoms with E-state index in [1.807, 2.05) is 19.2 Å². The molecule has 2 aromatic rings. The Balaban J connectivity index is 2.10. The number of nitriles is 1. The zero-order valence-electron chi connectivity index (χ0n) is 12.2. The van der Waals surface area contributed by atoms with Gasteiger partial charge in [0.05, 0.1) is 0 Å². The molecular weight excluding hydrogens is 246 g/mol. The van der Waals surface area contributed by atoms with E-state index in [1.54, 1.807) is 6.07 Å². The Hall–Kier alpha value is -2.34. The number of benzene rings is 1. The SMILES string of the molecule is Cc1ccc(CC(C)N(C)c2cccc(C#N)n2)cc1. The van der Waals surface area contributed by atoms with E-state index in [4.69, 9.17) is 5.26 Å². The minimum absolute atomic E-state index is 0.319. The van der Waals surface area contributed by atoms with Gasteiger partial charge >= 0.3 is 0 Å². The van der Waals surface area contributed by atoms with Crippen molar-refractivity contribution in [2.75, 3.05) is 11.9 Å². The molecule has 0 spiro atoms. The first-order valence-electron chi connectivity index (χ1n) is 6.75. The zero-order chi connectivity index (χ0) is 14.5. The fraction of sp³-hybridized carbons (Fsp3) is 0.294. The van der Waals surface area contributed by atoms with E-state index in [0.717, 1.165) is 12.2 Å². The largest absolute Gasteiger partial charge is 0.357 e. The monoisotopic (exact) mass is 265 g/mol. The van der Waals surface area contributed by atoms with Crippen LogP contribution in [0.4, 0.5) is 5.82 Å². The molecule has 1 aromatic heterocycles. The summed E-state index contributed by atoms with van der Waals surface area (Å²) in [4.78, 5) is 6.44. The summed E-state index contributed by atoms with van der Waals surface area (Å²) in [5.74, 6) is 0.837. The molecule has 0 aliphatic heterocycles. The first kappa shape index (κ1) is 14.1. The maximum absolute atomic E-state index is 8.91. The number of hydrogen-bond acceptors (Lipinski definition) is 3. The van der Waals surface area contributed by atoms with Gasteiger partial charge < -0.3 is 4.90 Å². The van der Waals surface area contributed by atoms with Crippen molar-refractivity contribution in [1.82, 2.24) is 4.98 Å². The number of likely N-dealkylation sites (N-methyl/N-ethyl adjacent to an activating group) is 1. The quantitative estimate of drug-likeness (QED) is 0.851. The van der Waals surface area contributed by atoms with Crippen molar-refractivity contribution >= 4 is 5.82 Å². The van der Waals surface area contributed by atoms with Crippen molar-refractivity contribution in [2.45, 2.75) is 26.3 Å². The lowest BCUT2D eigenvalue weighted by molar-refractivity contribution is 0.674. The number of nitrogens with zero attached hydrogens (tertiary/aromatic N) is 3. The van der Waals surface area contributed by atoms with Gasteiger partial charge in [0.25, 0.3) is 0 Å². The summed E-state index contributed by atoms with van der Waals surface area (Å²) in [5, 5.41) is 8.91. The van der Waals surface area contributed by atoms with Crippen LogP contribution in [0.2, 0.25) is 0 Å². The molecule has 1 aromatic carbocycles. The van der Waals surface area contributed by atoms with Gasteiger partial charge in [-0.2, -0.15) is 5.26 Å². The van der Waals surface area contributed by atoms with Crippen LogP contribution in [0.5, 0.6) is 0 Å². The van der Waals surface area contributed by atoms with Crippen molar-refractivity contribution in [2.24, 2.45) is 0 Å². The van der Waals surface area contributed by atoms with Crippen LogP contribution in [0, 0.1) is 18.3 Å². The standard InChI is InChI=1S/C17H19N3/c1-13-7-9-15(10-8-13)11-14(2)20(3)17-6-4-5-16(12-18)19-17/h4-10,14H,11H2,1-3H3. The fourth-order valence-electron chi connectivity index (χ4n) is 2.11. The second-order valence-corrected chi connectivity index (χ2v) is 5.14. The Morgan fingerprint density at radius 3 is 2.55 bits per heavy atom. The lowest BCUT2D eigenvalue weighted by Crippen LogP contribution is -2.31. The van der Waals surface area contributed by atoms with Gasteiger partial charge in [0.2, 0.25) is 0 Å². The molecule has 3 heteroatoms. The highest BCUT2D eigenvalue weighted by atomic mass is 15.2. The minimum Gasteiger partial charge on any atom is -0.357 e. The number of rotatable bonds is 4.